The molecule has 0 saturated heterocycles. The van der Waals surface area contributed by atoms with Gasteiger partial charge in [-0.15, -0.1) is 10.2 Å². The molecule has 0 spiro atoms. The van der Waals surface area contributed by atoms with Crippen LogP contribution in [0.5, 0.6) is 0 Å². The lowest BCUT2D eigenvalue weighted by molar-refractivity contribution is 0.0485. The van der Waals surface area contributed by atoms with Crippen molar-refractivity contribution < 1.29 is 9.53 Å². The Balaban J connectivity index is 2.12. The number of alkyl carbamates (subject to hydrolysis) is 1. The van der Waals surface area contributed by atoms with Crippen molar-refractivity contribution in [3.63, 3.8) is 0 Å². The number of carbonyl (C=O) groups is 1. The van der Waals surface area contributed by atoms with E-state index in [9.17, 15) is 4.79 Å². The largest absolute Gasteiger partial charge is 0.444 e. The SMILES string of the molecule is CC(C)[C@@H](NC(=O)OC(C)(C)C)c1nnc(SCc2ccccc2Cl)n1N. The average Bonchev–Trinajstić information content (AvgIpc) is 2.90. The topological polar surface area (TPSA) is 95.1 Å². The summed E-state index contributed by atoms with van der Waals surface area (Å²) in [5.41, 5.74) is 0.402. The van der Waals surface area contributed by atoms with Crippen LogP contribution in [-0.4, -0.2) is 26.6 Å². The minimum Gasteiger partial charge on any atom is -0.444 e. The number of nitrogen functional groups attached to an aromatic ring is 1. The fraction of sp³-hybridized carbons (Fsp3) is 0.500. The van der Waals surface area contributed by atoms with E-state index < -0.39 is 17.7 Å². The number of carbonyl (C=O) groups excluding carboxylic acids is 1. The van der Waals surface area contributed by atoms with Crippen LogP contribution < -0.4 is 11.2 Å². The summed E-state index contributed by atoms with van der Waals surface area (Å²) in [6.45, 7) is 9.37. The van der Waals surface area contributed by atoms with Gasteiger partial charge in [0.1, 0.15) is 5.60 Å². The Labute approximate surface area is 169 Å². The van der Waals surface area contributed by atoms with Gasteiger partial charge in [-0.05, 0) is 38.3 Å². The number of amides is 1. The highest BCUT2D eigenvalue weighted by molar-refractivity contribution is 7.98. The van der Waals surface area contributed by atoms with Crippen LogP contribution >= 0.6 is 23.4 Å². The van der Waals surface area contributed by atoms with Crippen LogP contribution in [0, 0.1) is 5.92 Å². The maximum atomic E-state index is 12.2. The van der Waals surface area contributed by atoms with Gasteiger partial charge in [-0.2, -0.15) is 0 Å². The minimum atomic E-state index is -0.585. The van der Waals surface area contributed by atoms with Crippen LogP contribution in [0.2, 0.25) is 5.02 Å². The van der Waals surface area contributed by atoms with E-state index in [1.165, 1.54) is 16.4 Å². The number of benzene rings is 1. The minimum absolute atomic E-state index is 0.0467. The molecule has 0 unspecified atom stereocenters. The second-order valence-electron chi connectivity index (χ2n) is 7.46. The van der Waals surface area contributed by atoms with Crippen molar-refractivity contribution in [1.82, 2.24) is 20.2 Å². The van der Waals surface area contributed by atoms with E-state index in [1.54, 1.807) is 0 Å². The lowest BCUT2D eigenvalue weighted by Gasteiger charge is -2.25. The third kappa shape index (κ3) is 6.04. The van der Waals surface area contributed by atoms with Crippen molar-refractivity contribution in [2.24, 2.45) is 5.92 Å². The zero-order valence-electron chi connectivity index (χ0n) is 16.2. The number of thioether (sulfide) groups is 1. The molecule has 9 heteroatoms. The number of ether oxygens (including phenoxy) is 1. The standard InChI is InChI=1S/C18H26ClN5O2S/c1-11(2)14(21-17(25)26-18(3,4)5)15-22-23-16(24(15)20)27-10-12-8-6-7-9-13(12)19/h6-9,11,14H,10,20H2,1-5H3,(H,21,25)/t14-/m1/s1. The molecule has 27 heavy (non-hydrogen) atoms. The highest BCUT2D eigenvalue weighted by atomic mass is 35.5. The summed E-state index contributed by atoms with van der Waals surface area (Å²) in [7, 11) is 0. The van der Waals surface area contributed by atoms with Gasteiger partial charge in [-0.1, -0.05) is 55.4 Å². The maximum Gasteiger partial charge on any atom is 0.408 e. The molecular formula is C18H26ClN5O2S. The van der Waals surface area contributed by atoms with E-state index in [2.05, 4.69) is 15.5 Å². The number of aromatic nitrogens is 3. The zero-order valence-corrected chi connectivity index (χ0v) is 17.8. The lowest BCUT2D eigenvalue weighted by Crippen LogP contribution is -2.38. The number of halogens is 1. The Morgan fingerprint density at radius 1 is 1.33 bits per heavy atom. The van der Waals surface area contributed by atoms with E-state index >= 15 is 0 Å². The number of rotatable bonds is 6. The first-order valence-electron chi connectivity index (χ1n) is 8.64. The smallest absolute Gasteiger partial charge is 0.408 e. The van der Waals surface area contributed by atoms with Crippen molar-refractivity contribution in [3.8, 4) is 0 Å². The Hall–Kier alpha value is -1.93. The summed E-state index contributed by atoms with van der Waals surface area (Å²) < 4.78 is 6.74. The fourth-order valence-electron chi connectivity index (χ4n) is 2.32. The summed E-state index contributed by atoms with van der Waals surface area (Å²) in [6.07, 6.45) is -0.519. The molecule has 148 valence electrons. The first kappa shape index (κ1) is 21.4. The average molecular weight is 412 g/mol. The second-order valence-corrected chi connectivity index (χ2v) is 8.81. The molecule has 2 aromatic rings. The molecule has 1 amide bonds. The van der Waals surface area contributed by atoms with Crippen LogP contribution in [0.25, 0.3) is 0 Å². The molecule has 0 saturated carbocycles. The monoisotopic (exact) mass is 411 g/mol. The summed E-state index contributed by atoms with van der Waals surface area (Å²) >= 11 is 7.62. The van der Waals surface area contributed by atoms with Gasteiger partial charge in [-0.3, -0.25) is 0 Å². The normalized spacial score (nSPS) is 12.9. The molecule has 1 atom stereocenters. The molecule has 7 nitrogen and oxygen atoms in total. The number of hydrogen-bond acceptors (Lipinski definition) is 6. The molecule has 1 aromatic carbocycles. The first-order valence-corrected chi connectivity index (χ1v) is 10.0. The van der Waals surface area contributed by atoms with E-state index in [0.29, 0.717) is 21.8 Å². The summed E-state index contributed by atoms with van der Waals surface area (Å²) in [5.74, 6) is 7.32. The first-order chi connectivity index (χ1) is 12.6. The maximum absolute atomic E-state index is 12.2. The molecule has 0 aliphatic heterocycles. The highest BCUT2D eigenvalue weighted by Gasteiger charge is 2.27. The molecule has 0 fully saturated rings. The van der Waals surface area contributed by atoms with E-state index in [-0.39, 0.29) is 5.92 Å². The van der Waals surface area contributed by atoms with Crippen LogP contribution in [0.3, 0.4) is 0 Å². The van der Waals surface area contributed by atoms with Crippen LogP contribution in [0.1, 0.15) is 52.0 Å². The Kier molecular flexibility index (Phi) is 7.00. The number of nitrogens with one attached hydrogen (secondary N) is 1. The van der Waals surface area contributed by atoms with Gasteiger partial charge in [0.2, 0.25) is 5.16 Å². The number of hydrogen-bond donors (Lipinski definition) is 2. The van der Waals surface area contributed by atoms with Gasteiger partial charge in [-0.25, -0.2) is 9.47 Å². The Morgan fingerprint density at radius 3 is 2.59 bits per heavy atom. The molecule has 0 aliphatic carbocycles. The second kappa shape index (κ2) is 8.84. The van der Waals surface area contributed by atoms with Gasteiger partial charge in [0.05, 0.1) is 6.04 Å². The third-order valence-electron chi connectivity index (χ3n) is 3.62. The predicted molar refractivity (Wildman–Crippen MR) is 108 cm³/mol. The lowest BCUT2D eigenvalue weighted by atomic mass is 10.0. The summed E-state index contributed by atoms with van der Waals surface area (Å²) in [5, 5.41) is 12.4. The van der Waals surface area contributed by atoms with E-state index in [0.717, 1.165) is 5.56 Å². The molecule has 0 bridgehead atoms. The molecule has 2 rings (SSSR count). The number of nitrogens with two attached hydrogens (primary N) is 1. The third-order valence-corrected chi connectivity index (χ3v) is 4.98. The molecular weight excluding hydrogens is 386 g/mol. The van der Waals surface area contributed by atoms with E-state index in [4.69, 9.17) is 22.2 Å². The van der Waals surface area contributed by atoms with Gasteiger partial charge < -0.3 is 15.9 Å². The zero-order chi connectivity index (χ0) is 20.2. The fourth-order valence-corrected chi connectivity index (χ4v) is 3.47. The van der Waals surface area contributed by atoms with Gasteiger partial charge in [0.15, 0.2) is 5.82 Å². The van der Waals surface area contributed by atoms with Gasteiger partial charge in [0.25, 0.3) is 0 Å². The van der Waals surface area contributed by atoms with Crippen molar-refractivity contribution in [2.75, 3.05) is 5.84 Å². The van der Waals surface area contributed by atoms with Crippen molar-refractivity contribution >= 4 is 29.5 Å². The van der Waals surface area contributed by atoms with Crippen molar-refractivity contribution in [1.29, 1.82) is 0 Å². The molecule has 0 radical (unpaired) electrons. The Bertz CT molecular complexity index is 788. The Morgan fingerprint density at radius 2 is 2.00 bits per heavy atom. The van der Waals surface area contributed by atoms with Crippen LogP contribution in [0.15, 0.2) is 29.4 Å². The summed E-state index contributed by atoms with van der Waals surface area (Å²) in [6, 6.07) is 7.19. The molecule has 3 N–H and O–H groups in total. The summed E-state index contributed by atoms with van der Waals surface area (Å²) in [4.78, 5) is 12.2. The van der Waals surface area contributed by atoms with Crippen LogP contribution in [-0.2, 0) is 10.5 Å². The molecule has 1 heterocycles. The van der Waals surface area contributed by atoms with Gasteiger partial charge >= 0.3 is 6.09 Å². The van der Waals surface area contributed by atoms with Crippen molar-refractivity contribution in [2.45, 2.75) is 57.2 Å². The van der Waals surface area contributed by atoms with E-state index in [1.807, 2.05) is 58.9 Å². The van der Waals surface area contributed by atoms with Crippen molar-refractivity contribution in [3.05, 3.63) is 40.7 Å². The number of nitrogens with zero attached hydrogens (tertiary/aromatic N) is 3. The predicted octanol–water partition coefficient (Wildman–Crippen LogP) is 4.16. The quantitative estimate of drug-likeness (QED) is 0.547. The van der Waals surface area contributed by atoms with Gasteiger partial charge in [0, 0.05) is 10.8 Å². The molecule has 1 aromatic heterocycles. The highest BCUT2D eigenvalue weighted by Crippen LogP contribution is 2.27. The molecule has 0 aliphatic rings. The van der Waals surface area contributed by atoms with Crippen LogP contribution in [0.4, 0.5) is 4.79 Å².